The Morgan fingerprint density at radius 1 is 1.30 bits per heavy atom. The molecule has 0 aromatic rings. The number of amides is 2. The first-order valence-electron chi connectivity index (χ1n) is 7.12. The number of ether oxygens (including phenoxy) is 1. The van der Waals surface area contributed by atoms with Gasteiger partial charge in [-0.1, -0.05) is 0 Å². The first kappa shape index (κ1) is 15.1. The minimum Gasteiger partial charge on any atom is -0.481 e. The van der Waals surface area contributed by atoms with E-state index >= 15 is 0 Å². The maximum atomic E-state index is 12.3. The summed E-state index contributed by atoms with van der Waals surface area (Å²) in [5.74, 6) is -1.63. The first-order valence-corrected chi connectivity index (χ1v) is 7.12. The second-order valence-corrected chi connectivity index (χ2v) is 5.39. The molecule has 2 unspecified atom stereocenters. The average molecular weight is 286 g/mol. The summed E-state index contributed by atoms with van der Waals surface area (Å²) in [7, 11) is 0. The number of nitrogens with zero attached hydrogens (tertiary/aromatic N) is 1. The van der Waals surface area contributed by atoms with Crippen LogP contribution in [-0.4, -0.2) is 65.6 Å². The van der Waals surface area contributed by atoms with Gasteiger partial charge in [-0.15, -0.1) is 0 Å². The Kier molecular flexibility index (Phi) is 5.19. The lowest BCUT2D eigenvalue weighted by molar-refractivity contribution is -0.142. The average Bonchev–Trinajstić information content (AvgIpc) is 2.80. The molecular formula is C13H22N2O5. The highest BCUT2D eigenvalue weighted by atomic mass is 16.5. The molecule has 1 aliphatic heterocycles. The number of aliphatic hydroxyl groups excluding tert-OH is 1. The fourth-order valence-electron chi connectivity index (χ4n) is 2.57. The summed E-state index contributed by atoms with van der Waals surface area (Å²) < 4.78 is 5.14. The maximum Gasteiger partial charge on any atom is 0.317 e. The Hall–Kier alpha value is -1.34. The summed E-state index contributed by atoms with van der Waals surface area (Å²) in [5.41, 5.74) is 0. The van der Waals surface area contributed by atoms with Gasteiger partial charge in [-0.25, -0.2) is 4.79 Å². The number of nitrogens with one attached hydrogen (secondary N) is 1. The topological polar surface area (TPSA) is 99.1 Å². The van der Waals surface area contributed by atoms with Crippen molar-refractivity contribution >= 4 is 12.0 Å². The molecule has 0 spiro atoms. The van der Waals surface area contributed by atoms with E-state index in [1.807, 2.05) is 0 Å². The molecule has 1 aliphatic carbocycles. The predicted molar refractivity (Wildman–Crippen MR) is 70.3 cm³/mol. The molecule has 2 atom stereocenters. The molecular weight excluding hydrogens is 264 g/mol. The predicted octanol–water partition coefficient (Wildman–Crippen LogP) is 0.0325. The van der Waals surface area contributed by atoms with Crippen LogP contribution in [0.2, 0.25) is 0 Å². The Morgan fingerprint density at radius 3 is 2.60 bits per heavy atom. The lowest BCUT2D eigenvalue weighted by atomic mass is 9.91. The number of hydrogen-bond acceptors (Lipinski definition) is 4. The molecule has 2 aliphatic rings. The van der Waals surface area contributed by atoms with Gasteiger partial charge in [0.2, 0.25) is 0 Å². The highest BCUT2D eigenvalue weighted by Crippen LogP contribution is 2.25. The third kappa shape index (κ3) is 3.40. The number of rotatable bonds is 6. The van der Waals surface area contributed by atoms with Crippen LogP contribution in [0.25, 0.3) is 0 Å². The summed E-state index contributed by atoms with van der Waals surface area (Å²) in [4.78, 5) is 25.1. The molecule has 0 radical (unpaired) electrons. The molecule has 3 N–H and O–H groups in total. The van der Waals surface area contributed by atoms with Crippen LogP contribution in [0.15, 0.2) is 0 Å². The molecule has 7 heteroatoms. The first-order chi connectivity index (χ1) is 9.63. The van der Waals surface area contributed by atoms with Gasteiger partial charge in [-0.05, 0) is 25.7 Å². The highest BCUT2D eigenvalue weighted by Gasteiger charge is 2.37. The van der Waals surface area contributed by atoms with E-state index in [9.17, 15) is 9.59 Å². The van der Waals surface area contributed by atoms with Crippen molar-refractivity contribution in [2.24, 2.45) is 5.92 Å². The Labute approximate surface area is 117 Å². The van der Waals surface area contributed by atoms with E-state index in [1.165, 1.54) is 0 Å². The van der Waals surface area contributed by atoms with Gasteiger partial charge in [0, 0.05) is 19.2 Å². The molecule has 1 saturated heterocycles. The minimum atomic E-state index is -0.946. The van der Waals surface area contributed by atoms with Crippen molar-refractivity contribution in [3.8, 4) is 0 Å². The second-order valence-electron chi connectivity index (χ2n) is 5.39. The fourth-order valence-corrected chi connectivity index (χ4v) is 2.57. The molecule has 2 fully saturated rings. The van der Waals surface area contributed by atoms with Crippen molar-refractivity contribution in [3.05, 3.63) is 0 Å². The van der Waals surface area contributed by atoms with E-state index in [0.717, 1.165) is 19.3 Å². The second kappa shape index (κ2) is 6.90. The summed E-state index contributed by atoms with van der Waals surface area (Å²) >= 11 is 0. The fraction of sp³-hybridized carbons (Fsp3) is 0.846. The molecule has 1 heterocycles. The molecule has 2 rings (SSSR count). The molecule has 20 heavy (non-hydrogen) atoms. The standard InChI is InChI=1S/C13H22N2O5/c16-6-2-5-15(9-3-1-4-9)13(19)14-11-8-20-7-10(11)12(17)18/h9-11,16H,1-8H2,(H,14,19)(H,17,18). The number of urea groups is 1. The number of carbonyl (C=O) groups is 2. The summed E-state index contributed by atoms with van der Waals surface area (Å²) in [6.45, 7) is 0.917. The molecule has 114 valence electrons. The molecule has 1 saturated carbocycles. The van der Waals surface area contributed by atoms with Crippen LogP contribution in [0.1, 0.15) is 25.7 Å². The normalized spacial score (nSPS) is 26.1. The number of aliphatic hydroxyl groups is 1. The van der Waals surface area contributed by atoms with E-state index in [0.29, 0.717) is 13.0 Å². The van der Waals surface area contributed by atoms with Crippen LogP contribution < -0.4 is 5.32 Å². The largest absolute Gasteiger partial charge is 0.481 e. The van der Waals surface area contributed by atoms with E-state index in [4.69, 9.17) is 14.9 Å². The van der Waals surface area contributed by atoms with Gasteiger partial charge in [-0.2, -0.15) is 0 Å². The number of hydrogen-bond donors (Lipinski definition) is 3. The lowest BCUT2D eigenvalue weighted by Crippen LogP contribution is -2.54. The summed E-state index contributed by atoms with van der Waals surface area (Å²) in [6, 6.07) is -0.506. The van der Waals surface area contributed by atoms with Crippen LogP contribution in [-0.2, 0) is 9.53 Å². The van der Waals surface area contributed by atoms with Gasteiger partial charge in [0.15, 0.2) is 0 Å². The molecule has 7 nitrogen and oxygen atoms in total. The van der Waals surface area contributed by atoms with Gasteiger partial charge in [-0.3, -0.25) is 4.79 Å². The minimum absolute atomic E-state index is 0.0425. The quantitative estimate of drug-likeness (QED) is 0.640. The number of carbonyl (C=O) groups excluding carboxylic acids is 1. The van der Waals surface area contributed by atoms with Crippen LogP contribution in [0.3, 0.4) is 0 Å². The van der Waals surface area contributed by atoms with Crippen LogP contribution >= 0.6 is 0 Å². The van der Waals surface area contributed by atoms with Crippen LogP contribution in [0.5, 0.6) is 0 Å². The van der Waals surface area contributed by atoms with E-state index in [1.54, 1.807) is 4.90 Å². The smallest absolute Gasteiger partial charge is 0.317 e. The van der Waals surface area contributed by atoms with Crippen molar-refractivity contribution < 1.29 is 24.5 Å². The number of carboxylic acids is 1. The van der Waals surface area contributed by atoms with Crippen molar-refractivity contribution in [1.82, 2.24) is 10.2 Å². The maximum absolute atomic E-state index is 12.3. The molecule has 0 aromatic heterocycles. The Balaban J connectivity index is 1.91. The van der Waals surface area contributed by atoms with Gasteiger partial charge < -0.3 is 25.2 Å². The SMILES string of the molecule is O=C(O)C1COCC1NC(=O)N(CCCO)C1CCC1. The highest BCUT2D eigenvalue weighted by molar-refractivity contribution is 5.77. The summed E-state index contributed by atoms with van der Waals surface area (Å²) in [6.07, 6.45) is 3.59. The van der Waals surface area contributed by atoms with Crippen molar-refractivity contribution in [2.75, 3.05) is 26.4 Å². The van der Waals surface area contributed by atoms with Gasteiger partial charge in [0.1, 0.15) is 5.92 Å². The summed E-state index contributed by atoms with van der Waals surface area (Å²) in [5, 5.41) is 20.7. The van der Waals surface area contributed by atoms with E-state index < -0.39 is 17.9 Å². The Morgan fingerprint density at radius 2 is 2.05 bits per heavy atom. The number of carboxylic acid groups (broad SMARTS) is 1. The lowest BCUT2D eigenvalue weighted by Gasteiger charge is -2.38. The third-order valence-corrected chi connectivity index (χ3v) is 4.04. The van der Waals surface area contributed by atoms with Gasteiger partial charge in [0.05, 0.1) is 19.3 Å². The van der Waals surface area contributed by atoms with Gasteiger partial charge >= 0.3 is 12.0 Å². The zero-order chi connectivity index (χ0) is 14.5. The van der Waals surface area contributed by atoms with Crippen LogP contribution in [0.4, 0.5) is 4.79 Å². The van der Waals surface area contributed by atoms with Crippen molar-refractivity contribution in [2.45, 2.75) is 37.8 Å². The molecule has 2 amide bonds. The number of aliphatic carboxylic acids is 1. The van der Waals surface area contributed by atoms with Crippen molar-refractivity contribution in [3.63, 3.8) is 0 Å². The molecule has 0 aromatic carbocycles. The monoisotopic (exact) mass is 286 g/mol. The Bertz CT molecular complexity index is 359. The van der Waals surface area contributed by atoms with Gasteiger partial charge in [0.25, 0.3) is 0 Å². The van der Waals surface area contributed by atoms with Crippen LogP contribution in [0, 0.1) is 5.92 Å². The van der Waals surface area contributed by atoms with E-state index in [-0.39, 0.29) is 31.9 Å². The molecule has 0 bridgehead atoms. The van der Waals surface area contributed by atoms with E-state index in [2.05, 4.69) is 5.32 Å². The third-order valence-electron chi connectivity index (χ3n) is 4.04. The zero-order valence-electron chi connectivity index (χ0n) is 11.5. The van der Waals surface area contributed by atoms with Crippen molar-refractivity contribution in [1.29, 1.82) is 0 Å². The zero-order valence-corrected chi connectivity index (χ0v) is 11.5.